The first-order valence-electron chi connectivity index (χ1n) is 7.84. The molecule has 0 aromatic heterocycles. The van der Waals surface area contributed by atoms with Gasteiger partial charge in [0, 0.05) is 10.6 Å². The second-order valence-corrected chi connectivity index (χ2v) is 6.29. The summed E-state index contributed by atoms with van der Waals surface area (Å²) in [5.74, 6) is -0.560. The summed E-state index contributed by atoms with van der Waals surface area (Å²) in [5, 5.41) is 15.0. The number of aliphatic hydroxyl groups is 1. The number of amides is 1. The van der Waals surface area contributed by atoms with E-state index in [9.17, 15) is 23.1 Å². The summed E-state index contributed by atoms with van der Waals surface area (Å²) in [5.41, 5.74) is -3.48. The first kappa shape index (κ1) is 19.2. The van der Waals surface area contributed by atoms with Crippen molar-refractivity contribution in [3.05, 3.63) is 65.2 Å². The van der Waals surface area contributed by atoms with Gasteiger partial charge >= 0.3 is 6.18 Å². The zero-order valence-electron chi connectivity index (χ0n) is 13.8. The van der Waals surface area contributed by atoms with Crippen molar-refractivity contribution in [2.45, 2.75) is 18.3 Å². The lowest BCUT2D eigenvalue weighted by molar-refractivity contribution is -0.160. The standard InChI is InChI=1S/C18H14ClF3N2O3/c19-13-8-6-12(7-9-13)17(26)10-15(18(20,21)22)23-24(17)16(25)11-27-14-4-2-1-3-5-14/h1-9,26H,10-11H2/t17-/m1/s1. The molecule has 1 aliphatic heterocycles. The molecular formula is C18H14ClF3N2O3. The normalized spacial score (nSPS) is 19.7. The lowest BCUT2D eigenvalue weighted by atomic mass is 9.97. The first-order valence-corrected chi connectivity index (χ1v) is 8.22. The maximum atomic E-state index is 13.1. The number of carbonyl (C=O) groups is 1. The number of rotatable bonds is 4. The fourth-order valence-electron chi connectivity index (χ4n) is 2.63. The van der Waals surface area contributed by atoms with E-state index in [1.165, 1.54) is 24.3 Å². The highest BCUT2D eigenvalue weighted by Gasteiger charge is 2.53. The Hall–Kier alpha value is -2.58. The Kier molecular flexibility index (Phi) is 5.12. The van der Waals surface area contributed by atoms with E-state index in [4.69, 9.17) is 16.3 Å². The van der Waals surface area contributed by atoms with Gasteiger partial charge in [0.25, 0.3) is 5.91 Å². The summed E-state index contributed by atoms with van der Waals surface area (Å²) in [6.07, 6.45) is -5.68. The Morgan fingerprint density at radius 1 is 1.19 bits per heavy atom. The summed E-state index contributed by atoms with van der Waals surface area (Å²) < 4.78 is 44.7. The second kappa shape index (κ2) is 7.21. The molecule has 0 aliphatic carbocycles. The molecule has 27 heavy (non-hydrogen) atoms. The van der Waals surface area contributed by atoms with Crippen molar-refractivity contribution in [1.29, 1.82) is 0 Å². The summed E-state index contributed by atoms with van der Waals surface area (Å²) in [6.45, 7) is -0.589. The third kappa shape index (κ3) is 4.06. The van der Waals surface area contributed by atoms with Gasteiger partial charge in [-0.25, -0.2) is 0 Å². The van der Waals surface area contributed by atoms with Crippen molar-refractivity contribution in [1.82, 2.24) is 5.01 Å². The van der Waals surface area contributed by atoms with Crippen LogP contribution in [0.25, 0.3) is 0 Å². The van der Waals surface area contributed by atoms with Crippen molar-refractivity contribution >= 4 is 23.2 Å². The molecule has 3 rings (SSSR count). The molecule has 1 amide bonds. The smallest absolute Gasteiger partial charge is 0.431 e. The molecule has 2 aromatic carbocycles. The molecule has 2 aromatic rings. The van der Waals surface area contributed by atoms with Gasteiger partial charge in [-0.1, -0.05) is 41.9 Å². The monoisotopic (exact) mass is 398 g/mol. The van der Waals surface area contributed by atoms with Gasteiger partial charge in [0.05, 0.1) is 6.42 Å². The minimum atomic E-state index is -4.78. The van der Waals surface area contributed by atoms with E-state index in [2.05, 4.69) is 5.10 Å². The topological polar surface area (TPSA) is 62.1 Å². The fraction of sp³-hybridized carbons (Fsp3) is 0.222. The van der Waals surface area contributed by atoms with Gasteiger partial charge in [-0.3, -0.25) is 4.79 Å². The number of halogens is 4. The van der Waals surface area contributed by atoms with Crippen molar-refractivity contribution < 1.29 is 27.8 Å². The van der Waals surface area contributed by atoms with E-state index >= 15 is 0 Å². The summed E-state index contributed by atoms with van der Waals surface area (Å²) in [4.78, 5) is 12.5. The number of hydrogen-bond acceptors (Lipinski definition) is 4. The summed E-state index contributed by atoms with van der Waals surface area (Å²) in [7, 11) is 0. The second-order valence-electron chi connectivity index (χ2n) is 5.85. The summed E-state index contributed by atoms with van der Waals surface area (Å²) in [6, 6.07) is 13.8. The van der Waals surface area contributed by atoms with Gasteiger partial charge in [0.15, 0.2) is 12.3 Å². The average Bonchev–Trinajstić information content (AvgIpc) is 3.00. The lowest BCUT2D eigenvalue weighted by Crippen LogP contribution is -2.45. The van der Waals surface area contributed by atoms with Crippen LogP contribution in [0.5, 0.6) is 5.75 Å². The zero-order valence-corrected chi connectivity index (χ0v) is 14.5. The van der Waals surface area contributed by atoms with Crippen LogP contribution >= 0.6 is 11.6 Å². The first-order chi connectivity index (χ1) is 12.7. The molecule has 0 unspecified atom stereocenters. The van der Waals surface area contributed by atoms with Crippen molar-refractivity contribution in [3.63, 3.8) is 0 Å². The molecule has 0 fully saturated rings. The molecule has 1 N–H and O–H groups in total. The fourth-order valence-corrected chi connectivity index (χ4v) is 2.76. The molecule has 5 nitrogen and oxygen atoms in total. The summed E-state index contributed by atoms with van der Waals surface area (Å²) >= 11 is 5.79. The van der Waals surface area contributed by atoms with Crippen LogP contribution < -0.4 is 4.74 Å². The van der Waals surface area contributed by atoms with Crippen molar-refractivity contribution in [3.8, 4) is 5.75 Å². The highest BCUT2D eigenvalue weighted by atomic mass is 35.5. The maximum absolute atomic E-state index is 13.1. The van der Waals surface area contributed by atoms with Crippen molar-refractivity contribution in [2.24, 2.45) is 5.10 Å². The molecule has 142 valence electrons. The maximum Gasteiger partial charge on any atom is 0.431 e. The molecule has 0 bridgehead atoms. The molecule has 1 heterocycles. The molecule has 0 radical (unpaired) electrons. The lowest BCUT2D eigenvalue weighted by Gasteiger charge is -2.31. The highest BCUT2D eigenvalue weighted by Crippen LogP contribution is 2.39. The molecule has 9 heteroatoms. The number of hydrogen-bond donors (Lipinski definition) is 1. The molecule has 1 atom stereocenters. The SMILES string of the molecule is O=C(COc1ccccc1)N1N=C(C(F)(F)F)C[C@@]1(O)c1ccc(Cl)cc1. The van der Waals surface area contributed by atoms with Gasteiger partial charge in [0.2, 0.25) is 0 Å². The molecule has 0 spiro atoms. The Morgan fingerprint density at radius 3 is 2.41 bits per heavy atom. The third-order valence-electron chi connectivity index (χ3n) is 3.96. The van der Waals surface area contributed by atoms with E-state index in [1.54, 1.807) is 30.3 Å². The minimum absolute atomic E-state index is 0.0583. The van der Waals surface area contributed by atoms with Gasteiger partial charge < -0.3 is 9.84 Å². The van der Waals surface area contributed by atoms with Crippen LogP contribution in [-0.2, 0) is 10.5 Å². The van der Waals surface area contributed by atoms with Gasteiger partial charge in [-0.2, -0.15) is 23.3 Å². The predicted octanol–water partition coefficient (Wildman–Crippen LogP) is 3.71. The van der Waals surface area contributed by atoms with E-state index in [1.807, 2.05) is 0 Å². The number of benzene rings is 2. The number of ether oxygens (including phenoxy) is 1. The minimum Gasteiger partial charge on any atom is -0.484 e. The number of nitrogens with zero attached hydrogens (tertiary/aromatic N) is 2. The van der Waals surface area contributed by atoms with Crippen LogP contribution in [0.3, 0.4) is 0 Å². The Balaban J connectivity index is 1.88. The van der Waals surface area contributed by atoms with Crippen LogP contribution in [0.2, 0.25) is 5.02 Å². The molecular weight excluding hydrogens is 385 g/mol. The molecule has 0 saturated carbocycles. The number of hydrazone groups is 1. The van der Waals surface area contributed by atoms with E-state index in [0.29, 0.717) is 15.8 Å². The largest absolute Gasteiger partial charge is 0.484 e. The Labute approximate surface area is 157 Å². The van der Waals surface area contributed by atoms with Crippen LogP contribution in [0.1, 0.15) is 12.0 Å². The molecule has 1 aliphatic rings. The van der Waals surface area contributed by atoms with E-state index in [-0.39, 0.29) is 5.56 Å². The highest BCUT2D eigenvalue weighted by molar-refractivity contribution is 6.30. The Bertz CT molecular complexity index is 856. The third-order valence-corrected chi connectivity index (χ3v) is 4.21. The quantitative estimate of drug-likeness (QED) is 0.854. The van der Waals surface area contributed by atoms with Crippen LogP contribution in [0.15, 0.2) is 59.7 Å². The number of alkyl halides is 3. The van der Waals surface area contributed by atoms with E-state index < -0.39 is 36.5 Å². The predicted molar refractivity (Wildman–Crippen MR) is 92.2 cm³/mol. The number of carbonyl (C=O) groups excluding carboxylic acids is 1. The number of para-hydroxylation sites is 1. The van der Waals surface area contributed by atoms with E-state index in [0.717, 1.165) is 0 Å². The van der Waals surface area contributed by atoms with Crippen LogP contribution in [-0.4, -0.2) is 34.5 Å². The van der Waals surface area contributed by atoms with Gasteiger partial charge in [-0.15, -0.1) is 0 Å². The van der Waals surface area contributed by atoms with Crippen molar-refractivity contribution in [2.75, 3.05) is 6.61 Å². The van der Waals surface area contributed by atoms with Crippen LogP contribution in [0, 0.1) is 0 Å². The Morgan fingerprint density at radius 2 is 1.81 bits per heavy atom. The van der Waals surface area contributed by atoms with Crippen LogP contribution in [0.4, 0.5) is 13.2 Å². The average molecular weight is 399 g/mol. The van der Waals surface area contributed by atoms with Gasteiger partial charge in [0.1, 0.15) is 11.5 Å². The molecule has 0 saturated heterocycles. The zero-order chi connectivity index (χ0) is 19.7. The van der Waals surface area contributed by atoms with Gasteiger partial charge in [-0.05, 0) is 24.3 Å².